The van der Waals surface area contributed by atoms with Crippen LogP contribution in [-0.2, 0) is 11.3 Å². The summed E-state index contributed by atoms with van der Waals surface area (Å²) in [6, 6.07) is 4.92. The smallest absolute Gasteiger partial charge is 0.283 e. The Balaban J connectivity index is 2.20. The van der Waals surface area contributed by atoms with E-state index in [0.717, 1.165) is 31.4 Å². The van der Waals surface area contributed by atoms with Crippen LogP contribution in [0.1, 0.15) is 31.2 Å². The van der Waals surface area contributed by atoms with Crippen LogP contribution in [0.2, 0.25) is 0 Å². The van der Waals surface area contributed by atoms with Gasteiger partial charge in [0.25, 0.3) is 5.69 Å². The summed E-state index contributed by atoms with van der Waals surface area (Å²) in [5, 5.41) is 10.9. The number of hydrogen-bond acceptors (Lipinski definition) is 3. The van der Waals surface area contributed by atoms with Crippen molar-refractivity contribution in [1.82, 2.24) is 4.90 Å². The summed E-state index contributed by atoms with van der Waals surface area (Å²) in [5.74, 6) is 0.135. The lowest BCUT2D eigenvalue weighted by Crippen LogP contribution is -2.29. The molecule has 0 spiro atoms. The Morgan fingerprint density at radius 2 is 2.11 bits per heavy atom. The minimum absolute atomic E-state index is 0.0415. The number of nitro benzene ring substituents is 1. The number of likely N-dealkylation sites (tertiary alicyclic amines) is 1. The van der Waals surface area contributed by atoms with Gasteiger partial charge in [0.2, 0.25) is 5.91 Å². The monoisotopic (exact) mass is 326 g/mol. The van der Waals surface area contributed by atoms with Crippen molar-refractivity contribution in [3.63, 3.8) is 0 Å². The molecule has 6 heteroatoms. The van der Waals surface area contributed by atoms with Gasteiger partial charge in [-0.2, -0.15) is 0 Å². The Hall–Kier alpha value is -1.43. The Morgan fingerprint density at radius 1 is 1.32 bits per heavy atom. The molecule has 0 atom stereocenters. The van der Waals surface area contributed by atoms with E-state index in [1.807, 2.05) is 6.07 Å². The maximum Gasteiger partial charge on any atom is 0.283 e. The van der Waals surface area contributed by atoms with E-state index < -0.39 is 4.92 Å². The van der Waals surface area contributed by atoms with Gasteiger partial charge in [-0.25, -0.2) is 0 Å². The number of halogens is 1. The van der Waals surface area contributed by atoms with Crippen molar-refractivity contribution in [3.8, 4) is 0 Å². The van der Waals surface area contributed by atoms with Crippen molar-refractivity contribution < 1.29 is 9.72 Å². The van der Waals surface area contributed by atoms with Crippen LogP contribution in [0.4, 0.5) is 5.69 Å². The van der Waals surface area contributed by atoms with Gasteiger partial charge in [-0.15, -0.1) is 0 Å². The molecule has 1 heterocycles. The molecule has 0 unspecified atom stereocenters. The molecule has 0 aromatic heterocycles. The fraction of sp³-hybridized carbons (Fsp3) is 0.462. The molecule has 0 bridgehead atoms. The molecular weight excluding hydrogens is 312 g/mol. The van der Waals surface area contributed by atoms with E-state index in [2.05, 4.69) is 15.9 Å². The number of carbonyl (C=O) groups excluding carboxylic acids is 1. The third-order valence-electron chi connectivity index (χ3n) is 3.29. The molecule has 2 rings (SSSR count). The Labute approximate surface area is 119 Å². The van der Waals surface area contributed by atoms with E-state index >= 15 is 0 Å². The van der Waals surface area contributed by atoms with Crippen molar-refractivity contribution in [1.29, 1.82) is 0 Å². The van der Waals surface area contributed by atoms with Crippen molar-refractivity contribution >= 4 is 27.5 Å². The standard InChI is InChI=1S/C13H15BrN2O3/c14-13-10(5-4-6-11(13)16(18)19)9-15-8-3-1-2-7-12(15)17/h4-6H,1-3,7-9H2. The maximum atomic E-state index is 11.9. The average Bonchev–Trinajstić information content (AvgIpc) is 2.57. The summed E-state index contributed by atoms with van der Waals surface area (Å²) in [6.45, 7) is 1.16. The summed E-state index contributed by atoms with van der Waals surface area (Å²) in [5.41, 5.74) is 0.823. The molecule has 1 saturated heterocycles. The highest BCUT2D eigenvalue weighted by molar-refractivity contribution is 9.10. The lowest BCUT2D eigenvalue weighted by Gasteiger charge is -2.21. The number of hydrogen-bond donors (Lipinski definition) is 0. The molecule has 0 aliphatic carbocycles. The highest BCUT2D eigenvalue weighted by Gasteiger charge is 2.20. The average molecular weight is 327 g/mol. The molecule has 5 nitrogen and oxygen atoms in total. The van der Waals surface area contributed by atoms with E-state index in [4.69, 9.17) is 0 Å². The van der Waals surface area contributed by atoms with Gasteiger partial charge in [0, 0.05) is 25.6 Å². The van der Waals surface area contributed by atoms with Gasteiger partial charge in [0.1, 0.15) is 4.47 Å². The summed E-state index contributed by atoms with van der Waals surface area (Å²) >= 11 is 3.27. The van der Waals surface area contributed by atoms with Crippen LogP contribution in [0.5, 0.6) is 0 Å². The molecule has 1 fully saturated rings. The third-order valence-corrected chi connectivity index (χ3v) is 4.20. The predicted molar refractivity (Wildman–Crippen MR) is 74.7 cm³/mol. The molecule has 0 saturated carbocycles. The van der Waals surface area contributed by atoms with Crippen LogP contribution in [-0.4, -0.2) is 22.3 Å². The SMILES string of the molecule is O=C1CCCCCN1Cc1cccc([N+](=O)[O-])c1Br. The van der Waals surface area contributed by atoms with Crippen LogP contribution in [0, 0.1) is 10.1 Å². The van der Waals surface area contributed by atoms with Crippen LogP contribution < -0.4 is 0 Å². The highest BCUT2D eigenvalue weighted by Crippen LogP contribution is 2.29. The first-order chi connectivity index (χ1) is 9.09. The van der Waals surface area contributed by atoms with Gasteiger partial charge in [-0.3, -0.25) is 14.9 Å². The molecular formula is C13H15BrN2O3. The largest absolute Gasteiger partial charge is 0.338 e. The second kappa shape index (κ2) is 6.14. The number of nitrogens with zero attached hydrogens (tertiary/aromatic N) is 2. The third kappa shape index (κ3) is 3.32. The van der Waals surface area contributed by atoms with Gasteiger partial charge in [-0.05, 0) is 34.3 Å². The van der Waals surface area contributed by atoms with Crippen molar-refractivity contribution in [2.45, 2.75) is 32.2 Å². The summed E-state index contributed by atoms with van der Waals surface area (Å²) in [4.78, 5) is 24.2. The van der Waals surface area contributed by atoms with E-state index in [9.17, 15) is 14.9 Å². The van der Waals surface area contributed by atoms with Gasteiger partial charge in [0.15, 0.2) is 0 Å². The van der Waals surface area contributed by atoms with E-state index in [1.165, 1.54) is 6.07 Å². The molecule has 1 amide bonds. The number of carbonyl (C=O) groups is 1. The first-order valence-corrected chi connectivity index (χ1v) is 7.08. The van der Waals surface area contributed by atoms with Crippen molar-refractivity contribution in [2.75, 3.05) is 6.54 Å². The topological polar surface area (TPSA) is 63.5 Å². The van der Waals surface area contributed by atoms with Crippen LogP contribution in [0.25, 0.3) is 0 Å². The molecule has 0 N–H and O–H groups in total. The van der Waals surface area contributed by atoms with Gasteiger partial charge in [0.05, 0.1) is 4.92 Å². The molecule has 19 heavy (non-hydrogen) atoms. The zero-order chi connectivity index (χ0) is 13.8. The normalized spacial score (nSPS) is 16.3. The quantitative estimate of drug-likeness (QED) is 0.632. The zero-order valence-corrected chi connectivity index (χ0v) is 12.1. The fourth-order valence-electron chi connectivity index (χ4n) is 2.24. The van der Waals surface area contributed by atoms with Gasteiger partial charge in [-0.1, -0.05) is 18.6 Å². The van der Waals surface area contributed by atoms with E-state index in [0.29, 0.717) is 17.4 Å². The Morgan fingerprint density at radius 3 is 2.84 bits per heavy atom. The minimum Gasteiger partial charge on any atom is -0.338 e. The second-order valence-electron chi connectivity index (χ2n) is 4.63. The number of rotatable bonds is 3. The van der Waals surface area contributed by atoms with Crippen LogP contribution >= 0.6 is 15.9 Å². The zero-order valence-electron chi connectivity index (χ0n) is 10.5. The molecule has 1 aromatic rings. The maximum absolute atomic E-state index is 11.9. The van der Waals surface area contributed by atoms with E-state index in [1.54, 1.807) is 11.0 Å². The number of amides is 1. The van der Waals surface area contributed by atoms with Gasteiger partial charge >= 0.3 is 0 Å². The minimum atomic E-state index is -0.419. The van der Waals surface area contributed by atoms with Crippen LogP contribution in [0.3, 0.4) is 0 Å². The van der Waals surface area contributed by atoms with Crippen LogP contribution in [0.15, 0.2) is 22.7 Å². The second-order valence-corrected chi connectivity index (χ2v) is 5.43. The highest BCUT2D eigenvalue weighted by atomic mass is 79.9. The summed E-state index contributed by atoms with van der Waals surface area (Å²) in [6.07, 6.45) is 3.58. The van der Waals surface area contributed by atoms with Crippen molar-refractivity contribution in [3.05, 3.63) is 38.3 Å². The Kier molecular flexibility index (Phi) is 4.52. The lowest BCUT2D eigenvalue weighted by molar-refractivity contribution is -0.385. The molecule has 102 valence electrons. The predicted octanol–water partition coefficient (Wildman–Crippen LogP) is 3.26. The fourth-order valence-corrected chi connectivity index (χ4v) is 2.78. The van der Waals surface area contributed by atoms with Gasteiger partial charge < -0.3 is 4.90 Å². The number of benzene rings is 1. The lowest BCUT2D eigenvalue weighted by atomic mass is 10.2. The Bertz CT molecular complexity index is 505. The number of nitro groups is 1. The molecule has 1 aliphatic heterocycles. The van der Waals surface area contributed by atoms with E-state index in [-0.39, 0.29) is 11.6 Å². The molecule has 0 radical (unpaired) electrons. The summed E-state index contributed by atoms with van der Waals surface area (Å²) in [7, 11) is 0. The van der Waals surface area contributed by atoms with Crippen molar-refractivity contribution in [2.24, 2.45) is 0 Å². The first kappa shape index (κ1) is 14.0. The first-order valence-electron chi connectivity index (χ1n) is 6.29. The summed E-state index contributed by atoms with van der Waals surface area (Å²) < 4.78 is 0.469. The molecule has 1 aliphatic rings. The molecule has 1 aromatic carbocycles.